The first kappa shape index (κ1) is 15.2. The lowest BCUT2D eigenvalue weighted by atomic mass is 10.0. The maximum absolute atomic E-state index is 12.5. The third-order valence-electron chi connectivity index (χ3n) is 5.00. The van der Waals surface area contributed by atoms with Crippen LogP contribution < -0.4 is 5.32 Å². The molecule has 1 aliphatic carbocycles. The molecule has 0 saturated heterocycles. The number of nitrogens with one attached hydrogen (secondary N) is 1. The van der Waals surface area contributed by atoms with Crippen LogP contribution in [0.15, 0.2) is 45.4 Å². The van der Waals surface area contributed by atoms with Crippen molar-refractivity contribution >= 4 is 33.7 Å². The molecular formula is C21H18N2O3. The lowest BCUT2D eigenvalue weighted by molar-refractivity contribution is -0.115. The molecule has 0 spiro atoms. The fourth-order valence-electron chi connectivity index (χ4n) is 3.78. The number of aromatic nitrogens is 1. The molecule has 2 aromatic heterocycles. The summed E-state index contributed by atoms with van der Waals surface area (Å²) in [6.07, 6.45) is 5.40. The topological polar surface area (TPSA) is 68.3 Å². The third kappa shape index (κ3) is 2.56. The number of hydrogen-bond donors (Lipinski definition) is 1. The number of carbonyl (C=O) groups excluding carboxylic acids is 1. The second-order valence-electron chi connectivity index (χ2n) is 6.87. The zero-order chi connectivity index (χ0) is 17.7. The van der Waals surface area contributed by atoms with E-state index in [4.69, 9.17) is 8.83 Å². The highest BCUT2D eigenvalue weighted by atomic mass is 16.3. The number of fused-ring (bicyclic) bond motifs is 3. The lowest BCUT2D eigenvalue weighted by Crippen LogP contribution is -2.14. The van der Waals surface area contributed by atoms with Crippen molar-refractivity contribution in [3.05, 3.63) is 59.2 Å². The number of amides is 1. The molecule has 1 amide bonds. The number of rotatable bonds is 3. The summed E-state index contributed by atoms with van der Waals surface area (Å²) in [5.74, 6) is 0.536. The van der Waals surface area contributed by atoms with Crippen LogP contribution in [0.25, 0.3) is 22.1 Å². The average Bonchev–Trinajstić information content (AvgIpc) is 3.30. The Kier molecular flexibility index (Phi) is 3.35. The molecule has 5 nitrogen and oxygen atoms in total. The highest BCUT2D eigenvalue weighted by molar-refractivity contribution is 5.96. The lowest BCUT2D eigenvalue weighted by Gasteiger charge is -2.05. The van der Waals surface area contributed by atoms with Gasteiger partial charge in [-0.3, -0.25) is 4.79 Å². The van der Waals surface area contributed by atoms with Crippen LogP contribution in [0.1, 0.15) is 29.0 Å². The quantitative estimate of drug-likeness (QED) is 0.591. The van der Waals surface area contributed by atoms with Gasteiger partial charge in [-0.05, 0) is 60.7 Å². The molecule has 26 heavy (non-hydrogen) atoms. The summed E-state index contributed by atoms with van der Waals surface area (Å²) in [6.45, 7) is 1.80. The number of nitrogens with zero attached hydrogens (tertiary/aromatic N) is 1. The van der Waals surface area contributed by atoms with E-state index in [9.17, 15) is 4.79 Å². The maximum atomic E-state index is 12.5. The molecule has 5 heteroatoms. The van der Waals surface area contributed by atoms with Crippen LogP contribution in [0.5, 0.6) is 0 Å². The highest BCUT2D eigenvalue weighted by Gasteiger charge is 2.17. The van der Waals surface area contributed by atoms with Crippen molar-refractivity contribution in [3.63, 3.8) is 0 Å². The summed E-state index contributed by atoms with van der Waals surface area (Å²) in [7, 11) is 0. The van der Waals surface area contributed by atoms with Gasteiger partial charge in [0.15, 0.2) is 11.5 Å². The number of furan rings is 1. The maximum Gasteiger partial charge on any atom is 0.228 e. The molecule has 0 unspecified atom stereocenters. The number of aryl methyl sites for hydroxylation is 3. The van der Waals surface area contributed by atoms with E-state index in [1.54, 1.807) is 13.2 Å². The van der Waals surface area contributed by atoms with Crippen LogP contribution >= 0.6 is 0 Å². The SMILES string of the molecule is Cc1nc2cc(NC(=O)Cc3coc4cc5c(cc34)CCC5)ccc2o1. The van der Waals surface area contributed by atoms with E-state index in [0.29, 0.717) is 11.6 Å². The van der Waals surface area contributed by atoms with Crippen LogP contribution in [0.3, 0.4) is 0 Å². The van der Waals surface area contributed by atoms with Crippen molar-refractivity contribution < 1.29 is 13.6 Å². The Labute approximate surface area is 150 Å². The fraction of sp³-hybridized carbons (Fsp3) is 0.238. The van der Waals surface area contributed by atoms with Gasteiger partial charge in [-0.2, -0.15) is 0 Å². The van der Waals surface area contributed by atoms with Gasteiger partial charge in [0.05, 0.1) is 12.7 Å². The van der Waals surface area contributed by atoms with Crippen molar-refractivity contribution in [1.29, 1.82) is 0 Å². The second kappa shape index (κ2) is 5.73. The van der Waals surface area contributed by atoms with Gasteiger partial charge in [-0.15, -0.1) is 0 Å². The Hall–Kier alpha value is -3.08. The van der Waals surface area contributed by atoms with Gasteiger partial charge in [0.25, 0.3) is 0 Å². The van der Waals surface area contributed by atoms with Gasteiger partial charge in [0, 0.05) is 23.6 Å². The van der Waals surface area contributed by atoms with Crippen molar-refractivity contribution in [2.45, 2.75) is 32.6 Å². The summed E-state index contributed by atoms with van der Waals surface area (Å²) in [5.41, 5.74) is 6.72. The van der Waals surface area contributed by atoms with E-state index in [2.05, 4.69) is 22.4 Å². The normalized spacial score (nSPS) is 13.4. The van der Waals surface area contributed by atoms with E-state index in [1.807, 2.05) is 18.2 Å². The summed E-state index contributed by atoms with van der Waals surface area (Å²) in [5, 5.41) is 3.98. The Balaban J connectivity index is 1.38. The van der Waals surface area contributed by atoms with Gasteiger partial charge in [0.2, 0.25) is 5.91 Å². The largest absolute Gasteiger partial charge is 0.464 e. The van der Waals surface area contributed by atoms with E-state index < -0.39 is 0 Å². The van der Waals surface area contributed by atoms with Gasteiger partial charge in [-0.1, -0.05) is 0 Å². The van der Waals surface area contributed by atoms with E-state index in [-0.39, 0.29) is 12.3 Å². The van der Waals surface area contributed by atoms with E-state index in [1.165, 1.54) is 17.5 Å². The third-order valence-corrected chi connectivity index (χ3v) is 5.00. The monoisotopic (exact) mass is 346 g/mol. The number of oxazole rings is 1. The Morgan fingerprint density at radius 2 is 2.00 bits per heavy atom. The van der Waals surface area contributed by atoms with Crippen LogP contribution in [-0.4, -0.2) is 10.9 Å². The zero-order valence-electron chi connectivity index (χ0n) is 14.5. The van der Waals surface area contributed by atoms with Gasteiger partial charge in [0.1, 0.15) is 11.1 Å². The van der Waals surface area contributed by atoms with Crippen LogP contribution in [0.2, 0.25) is 0 Å². The fourth-order valence-corrected chi connectivity index (χ4v) is 3.78. The van der Waals surface area contributed by atoms with E-state index in [0.717, 1.165) is 40.5 Å². The summed E-state index contributed by atoms with van der Waals surface area (Å²) in [6, 6.07) is 9.78. The van der Waals surface area contributed by atoms with Crippen molar-refractivity contribution in [3.8, 4) is 0 Å². The van der Waals surface area contributed by atoms with Gasteiger partial charge in [-0.25, -0.2) is 4.98 Å². The minimum absolute atomic E-state index is 0.0761. The molecule has 0 saturated carbocycles. The smallest absolute Gasteiger partial charge is 0.228 e. The van der Waals surface area contributed by atoms with Gasteiger partial charge < -0.3 is 14.2 Å². The molecule has 1 N–H and O–H groups in total. The predicted octanol–water partition coefficient (Wildman–Crippen LogP) is 4.55. The summed E-state index contributed by atoms with van der Waals surface area (Å²) >= 11 is 0. The minimum atomic E-state index is -0.0761. The number of hydrogen-bond acceptors (Lipinski definition) is 4. The van der Waals surface area contributed by atoms with Crippen molar-refractivity contribution in [1.82, 2.24) is 4.98 Å². The standard InChI is InChI=1S/C21H18N2O3/c1-12-22-18-10-16(5-6-19(18)26-12)23-21(24)9-15-11-25-20-8-14-4-2-3-13(14)7-17(15)20/h5-8,10-11H,2-4,9H2,1H3,(H,23,24). The first-order chi connectivity index (χ1) is 12.7. The molecule has 0 radical (unpaired) electrons. The molecule has 130 valence electrons. The Morgan fingerprint density at radius 3 is 2.88 bits per heavy atom. The zero-order valence-corrected chi connectivity index (χ0v) is 14.5. The highest BCUT2D eigenvalue weighted by Crippen LogP contribution is 2.30. The van der Waals surface area contributed by atoms with Crippen LogP contribution in [0, 0.1) is 6.92 Å². The molecule has 5 rings (SSSR count). The Bertz CT molecular complexity index is 1150. The molecule has 0 aliphatic heterocycles. The molecule has 0 atom stereocenters. The van der Waals surface area contributed by atoms with Crippen molar-refractivity contribution in [2.75, 3.05) is 5.32 Å². The minimum Gasteiger partial charge on any atom is -0.464 e. The molecule has 0 fully saturated rings. The molecule has 2 heterocycles. The first-order valence-corrected chi connectivity index (χ1v) is 8.85. The average molecular weight is 346 g/mol. The molecule has 1 aliphatic rings. The Morgan fingerprint density at radius 1 is 1.15 bits per heavy atom. The van der Waals surface area contributed by atoms with E-state index >= 15 is 0 Å². The number of carbonyl (C=O) groups is 1. The summed E-state index contributed by atoms with van der Waals surface area (Å²) in [4.78, 5) is 16.8. The molecule has 0 bridgehead atoms. The van der Waals surface area contributed by atoms with Gasteiger partial charge >= 0.3 is 0 Å². The number of benzene rings is 2. The van der Waals surface area contributed by atoms with Crippen LogP contribution in [0.4, 0.5) is 5.69 Å². The number of anilines is 1. The second-order valence-corrected chi connectivity index (χ2v) is 6.87. The van der Waals surface area contributed by atoms with Crippen molar-refractivity contribution in [2.24, 2.45) is 0 Å². The molecule has 4 aromatic rings. The molecular weight excluding hydrogens is 328 g/mol. The first-order valence-electron chi connectivity index (χ1n) is 8.85. The van der Waals surface area contributed by atoms with Crippen LogP contribution in [-0.2, 0) is 24.1 Å². The summed E-state index contributed by atoms with van der Waals surface area (Å²) < 4.78 is 11.1. The molecule has 2 aromatic carbocycles. The predicted molar refractivity (Wildman–Crippen MR) is 99.3 cm³/mol.